The van der Waals surface area contributed by atoms with E-state index in [0.717, 1.165) is 18.8 Å². The van der Waals surface area contributed by atoms with Crippen molar-refractivity contribution in [3.8, 4) is 0 Å². The van der Waals surface area contributed by atoms with Gasteiger partial charge >= 0.3 is 0 Å². The Hall–Kier alpha value is 0.400. The molecule has 0 aromatic carbocycles. The van der Waals surface area contributed by atoms with Crippen LogP contribution in [0.25, 0.3) is 0 Å². The fourth-order valence-corrected chi connectivity index (χ4v) is 2.60. The van der Waals surface area contributed by atoms with Crippen molar-refractivity contribution in [2.24, 2.45) is 11.8 Å². The van der Waals surface area contributed by atoms with Gasteiger partial charge < -0.3 is 0 Å². The molecule has 0 saturated heterocycles. The lowest BCUT2D eigenvalue weighted by atomic mass is 9.81. The van der Waals surface area contributed by atoms with Gasteiger partial charge in [0.1, 0.15) is 5.78 Å². The second kappa shape index (κ2) is 4.43. The van der Waals surface area contributed by atoms with Gasteiger partial charge in [0.2, 0.25) is 0 Å². The normalized spacial score (nSPS) is 31.8. The summed E-state index contributed by atoms with van der Waals surface area (Å²) in [6, 6.07) is 0. The lowest BCUT2D eigenvalue weighted by Gasteiger charge is -2.25. The summed E-state index contributed by atoms with van der Waals surface area (Å²) in [5.74, 6) is 1.69. The third-order valence-electron chi connectivity index (χ3n) is 2.64. The zero-order valence-electron chi connectivity index (χ0n) is 6.98. The van der Waals surface area contributed by atoms with E-state index in [1.807, 2.05) is 0 Å². The maximum absolute atomic E-state index is 11.0. The van der Waals surface area contributed by atoms with Crippen LogP contribution in [0.5, 0.6) is 0 Å². The minimum absolute atomic E-state index is 0.397. The second-order valence-electron chi connectivity index (χ2n) is 3.48. The van der Waals surface area contributed by atoms with Crippen molar-refractivity contribution in [1.29, 1.82) is 0 Å². The van der Waals surface area contributed by atoms with Crippen LogP contribution in [0.4, 0.5) is 0 Å². The third-order valence-corrected chi connectivity index (χ3v) is 3.89. The Morgan fingerprint density at radius 3 is 2.27 bits per heavy atom. The first kappa shape index (κ1) is 9.49. The SMILES string of the molecule is CC(=O)C1CCC(CI)CC1. The molecule has 1 nitrogen and oxygen atoms in total. The first-order valence-corrected chi connectivity index (χ1v) is 5.83. The first-order chi connectivity index (χ1) is 5.24. The van der Waals surface area contributed by atoms with E-state index < -0.39 is 0 Å². The monoisotopic (exact) mass is 266 g/mol. The van der Waals surface area contributed by atoms with Crippen LogP contribution in [-0.4, -0.2) is 10.2 Å². The van der Waals surface area contributed by atoms with Crippen LogP contribution < -0.4 is 0 Å². The summed E-state index contributed by atoms with van der Waals surface area (Å²) in [6.45, 7) is 1.73. The Bertz CT molecular complexity index is 136. The highest BCUT2D eigenvalue weighted by Crippen LogP contribution is 2.30. The molecular weight excluding hydrogens is 251 g/mol. The molecule has 0 spiro atoms. The molecule has 0 aromatic heterocycles. The minimum atomic E-state index is 0.397. The summed E-state index contributed by atoms with van der Waals surface area (Å²) in [5.41, 5.74) is 0. The summed E-state index contributed by atoms with van der Waals surface area (Å²) in [6.07, 6.45) is 4.83. The minimum Gasteiger partial charge on any atom is -0.300 e. The molecule has 0 N–H and O–H groups in total. The van der Waals surface area contributed by atoms with Crippen molar-refractivity contribution in [3.05, 3.63) is 0 Å². The third kappa shape index (κ3) is 2.73. The van der Waals surface area contributed by atoms with E-state index in [9.17, 15) is 4.79 Å². The van der Waals surface area contributed by atoms with Gasteiger partial charge in [-0.25, -0.2) is 0 Å². The molecule has 1 rings (SSSR count). The van der Waals surface area contributed by atoms with Crippen LogP contribution in [0.1, 0.15) is 32.6 Å². The fraction of sp³-hybridized carbons (Fsp3) is 0.889. The van der Waals surface area contributed by atoms with Gasteiger partial charge in [-0.1, -0.05) is 22.6 Å². The summed E-state index contributed by atoms with van der Waals surface area (Å²) >= 11 is 2.45. The van der Waals surface area contributed by atoms with Gasteiger partial charge in [-0.3, -0.25) is 4.79 Å². The summed E-state index contributed by atoms with van der Waals surface area (Å²) in [4.78, 5) is 11.0. The molecule has 0 aromatic rings. The maximum Gasteiger partial charge on any atom is 0.132 e. The zero-order valence-corrected chi connectivity index (χ0v) is 9.13. The van der Waals surface area contributed by atoms with Crippen LogP contribution in [0.2, 0.25) is 0 Å². The highest BCUT2D eigenvalue weighted by atomic mass is 127. The molecule has 64 valence electrons. The second-order valence-corrected chi connectivity index (χ2v) is 4.36. The standard InChI is InChI=1S/C9H15IO/c1-7(11)9-4-2-8(6-10)3-5-9/h8-9H,2-6H2,1H3. The summed E-state index contributed by atoms with van der Waals surface area (Å²) < 4.78 is 1.27. The first-order valence-electron chi connectivity index (χ1n) is 4.30. The number of carbonyl (C=O) groups excluding carboxylic acids is 1. The number of ketones is 1. The smallest absolute Gasteiger partial charge is 0.132 e. The van der Waals surface area contributed by atoms with Gasteiger partial charge in [0, 0.05) is 10.3 Å². The van der Waals surface area contributed by atoms with E-state index >= 15 is 0 Å². The van der Waals surface area contributed by atoms with Gasteiger partial charge in [0.05, 0.1) is 0 Å². The lowest BCUT2D eigenvalue weighted by Crippen LogP contribution is -2.20. The largest absolute Gasteiger partial charge is 0.300 e. The molecule has 0 unspecified atom stereocenters. The molecule has 0 amide bonds. The summed E-state index contributed by atoms with van der Waals surface area (Å²) in [7, 11) is 0. The Balaban J connectivity index is 2.30. The van der Waals surface area contributed by atoms with E-state index in [1.54, 1.807) is 6.92 Å². The topological polar surface area (TPSA) is 17.1 Å². The van der Waals surface area contributed by atoms with Crippen LogP contribution >= 0.6 is 22.6 Å². The van der Waals surface area contributed by atoms with E-state index in [1.165, 1.54) is 17.3 Å². The highest BCUT2D eigenvalue weighted by molar-refractivity contribution is 14.1. The van der Waals surface area contributed by atoms with Gasteiger partial charge in [-0.15, -0.1) is 0 Å². The maximum atomic E-state index is 11.0. The predicted octanol–water partition coefficient (Wildman–Crippen LogP) is 2.82. The Morgan fingerprint density at radius 1 is 1.36 bits per heavy atom. The van der Waals surface area contributed by atoms with Crippen LogP contribution in [0.3, 0.4) is 0 Å². The van der Waals surface area contributed by atoms with Crippen LogP contribution in [0, 0.1) is 11.8 Å². The molecule has 1 aliphatic rings. The Morgan fingerprint density at radius 2 is 1.91 bits per heavy atom. The molecule has 11 heavy (non-hydrogen) atoms. The molecule has 0 heterocycles. The van der Waals surface area contributed by atoms with Gasteiger partial charge in [-0.05, 0) is 38.5 Å². The molecule has 1 saturated carbocycles. The van der Waals surface area contributed by atoms with Crippen molar-refractivity contribution in [2.75, 3.05) is 4.43 Å². The highest BCUT2D eigenvalue weighted by Gasteiger charge is 2.22. The molecule has 1 fully saturated rings. The molecule has 0 radical (unpaired) electrons. The number of hydrogen-bond donors (Lipinski definition) is 0. The van der Waals surface area contributed by atoms with Gasteiger partial charge in [0.15, 0.2) is 0 Å². The van der Waals surface area contributed by atoms with Crippen LogP contribution in [-0.2, 0) is 4.79 Å². The average Bonchev–Trinajstić information content (AvgIpc) is 2.05. The summed E-state index contributed by atoms with van der Waals surface area (Å²) in [5, 5.41) is 0. The zero-order chi connectivity index (χ0) is 8.27. The number of hydrogen-bond acceptors (Lipinski definition) is 1. The molecular formula is C9H15IO. The van der Waals surface area contributed by atoms with Crippen molar-refractivity contribution >= 4 is 28.4 Å². The van der Waals surface area contributed by atoms with Crippen molar-refractivity contribution in [2.45, 2.75) is 32.6 Å². The Labute approximate surface area is 82.1 Å². The number of alkyl halides is 1. The van der Waals surface area contributed by atoms with Gasteiger partial charge in [0.25, 0.3) is 0 Å². The van der Waals surface area contributed by atoms with Gasteiger partial charge in [-0.2, -0.15) is 0 Å². The van der Waals surface area contributed by atoms with Crippen molar-refractivity contribution in [1.82, 2.24) is 0 Å². The average molecular weight is 266 g/mol. The molecule has 1 aliphatic carbocycles. The van der Waals surface area contributed by atoms with Crippen molar-refractivity contribution in [3.63, 3.8) is 0 Å². The molecule has 2 heteroatoms. The van der Waals surface area contributed by atoms with Crippen molar-refractivity contribution < 1.29 is 4.79 Å². The number of rotatable bonds is 2. The quantitative estimate of drug-likeness (QED) is 0.555. The van der Waals surface area contributed by atoms with E-state index in [-0.39, 0.29) is 0 Å². The molecule has 0 bridgehead atoms. The number of Topliss-reactive ketones (excluding diaryl/α,β-unsaturated/α-hetero) is 1. The lowest BCUT2D eigenvalue weighted by molar-refractivity contribution is -0.121. The fourth-order valence-electron chi connectivity index (χ4n) is 1.72. The van der Waals surface area contributed by atoms with Crippen LogP contribution in [0.15, 0.2) is 0 Å². The number of carbonyl (C=O) groups is 1. The molecule has 0 aliphatic heterocycles. The molecule has 0 atom stereocenters. The predicted molar refractivity (Wildman–Crippen MR) is 55.0 cm³/mol. The Kier molecular flexibility index (Phi) is 3.82. The number of halogens is 1. The van der Waals surface area contributed by atoms with E-state index in [4.69, 9.17) is 0 Å². The van der Waals surface area contributed by atoms with E-state index in [0.29, 0.717) is 11.7 Å². The van der Waals surface area contributed by atoms with E-state index in [2.05, 4.69) is 22.6 Å².